The van der Waals surface area contributed by atoms with E-state index in [0.717, 1.165) is 38.8 Å². The zero-order valence-corrected chi connectivity index (χ0v) is 11.4. The SMILES string of the molecule is CCCCN(CCCC)[C@@H](CCC(=O)O)C(=O)O. The first kappa shape index (κ1) is 16.9. The molecule has 0 fully saturated rings. The molecule has 0 saturated heterocycles. The highest BCUT2D eigenvalue weighted by atomic mass is 16.4. The molecule has 0 aromatic heterocycles. The molecule has 0 radical (unpaired) electrons. The minimum atomic E-state index is -0.938. The van der Waals surface area contributed by atoms with Crippen LogP contribution in [0.2, 0.25) is 0 Å². The van der Waals surface area contributed by atoms with E-state index >= 15 is 0 Å². The van der Waals surface area contributed by atoms with Crippen LogP contribution >= 0.6 is 0 Å². The summed E-state index contributed by atoms with van der Waals surface area (Å²) in [4.78, 5) is 23.7. The molecule has 0 amide bonds. The first-order chi connectivity index (χ1) is 8.52. The maximum absolute atomic E-state index is 11.2. The summed E-state index contributed by atoms with van der Waals surface area (Å²) >= 11 is 0. The number of rotatable bonds is 11. The predicted molar refractivity (Wildman–Crippen MR) is 69.7 cm³/mol. The standard InChI is InChI=1S/C13H25NO4/c1-3-5-9-14(10-6-4-2)11(13(17)18)7-8-12(15)16/h11H,3-10H2,1-2H3,(H,15,16)(H,17,18)/t11-/m0/s1. The number of hydrogen-bond acceptors (Lipinski definition) is 3. The lowest BCUT2D eigenvalue weighted by Crippen LogP contribution is -2.42. The molecule has 0 aromatic carbocycles. The smallest absolute Gasteiger partial charge is 0.320 e. The van der Waals surface area contributed by atoms with Crippen LogP contribution in [0, 0.1) is 0 Å². The zero-order valence-electron chi connectivity index (χ0n) is 11.4. The van der Waals surface area contributed by atoms with Gasteiger partial charge in [-0.25, -0.2) is 0 Å². The van der Waals surface area contributed by atoms with E-state index in [0.29, 0.717) is 0 Å². The van der Waals surface area contributed by atoms with Crippen molar-refractivity contribution in [1.29, 1.82) is 0 Å². The Kier molecular flexibility index (Phi) is 9.28. The fourth-order valence-electron chi connectivity index (χ4n) is 1.87. The van der Waals surface area contributed by atoms with Gasteiger partial charge in [0.15, 0.2) is 0 Å². The topological polar surface area (TPSA) is 77.8 Å². The van der Waals surface area contributed by atoms with Crippen LogP contribution in [0.3, 0.4) is 0 Å². The van der Waals surface area contributed by atoms with Crippen LogP contribution in [-0.4, -0.2) is 46.2 Å². The van der Waals surface area contributed by atoms with Crippen molar-refractivity contribution >= 4 is 11.9 Å². The summed E-state index contributed by atoms with van der Waals surface area (Å²) < 4.78 is 0. The van der Waals surface area contributed by atoms with E-state index in [-0.39, 0.29) is 12.8 Å². The predicted octanol–water partition coefficient (Wildman–Crippen LogP) is 2.21. The molecule has 0 aliphatic carbocycles. The monoisotopic (exact) mass is 259 g/mol. The maximum Gasteiger partial charge on any atom is 0.320 e. The highest BCUT2D eigenvalue weighted by molar-refractivity contribution is 5.75. The third-order valence-electron chi connectivity index (χ3n) is 2.96. The van der Waals surface area contributed by atoms with Gasteiger partial charge >= 0.3 is 11.9 Å². The summed E-state index contributed by atoms with van der Waals surface area (Å²) in [6.07, 6.45) is 3.99. The highest BCUT2D eigenvalue weighted by Crippen LogP contribution is 2.11. The van der Waals surface area contributed by atoms with Gasteiger partial charge in [0.2, 0.25) is 0 Å². The molecule has 2 N–H and O–H groups in total. The van der Waals surface area contributed by atoms with Gasteiger partial charge in [0.05, 0.1) is 0 Å². The fourth-order valence-corrected chi connectivity index (χ4v) is 1.87. The average molecular weight is 259 g/mol. The molecule has 1 atom stereocenters. The second-order valence-corrected chi connectivity index (χ2v) is 4.53. The van der Waals surface area contributed by atoms with Crippen molar-refractivity contribution in [2.24, 2.45) is 0 Å². The molecule has 0 rings (SSSR count). The van der Waals surface area contributed by atoms with E-state index in [2.05, 4.69) is 13.8 Å². The van der Waals surface area contributed by atoms with Gasteiger partial charge in [-0.2, -0.15) is 0 Å². The van der Waals surface area contributed by atoms with Crippen molar-refractivity contribution in [3.63, 3.8) is 0 Å². The van der Waals surface area contributed by atoms with Gasteiger partial charge in [-0.1, -0.05) is 26.7 Å². The van der Waals surface area contributed by atoms with E-state index in [1.165, 1.54) is 0 Å². The summed E-state index contributed by atoms with van der Waals surface area (Å²) in [7, 11) is 0. The number of carboxylic acid groups (broad SMARTS) is 2. The van der Waals surface area contributed by atoms with E-state index in [4.69, 9.17) is 5.11 Å². The Labute approximate surface area is 109 Å². The second-order valence-electron chi connectivity index (χ2n) is 4.53. The quantitative estimate of drug-likeness (QED) is 0.595. The van der Waals surface area contributed by atoms with E-state index < -0.39 is 18.0 Å². The number of nitrogens with zero attached hydrogens (tertiary/aromatic N) is 1. The molecule has 0 aliphatic rings. The lowest BCUT2D eigenvalue weighted by Gasteiger charge is -2.28. The van der Waals surface area contributed by atoms with E-state index in [1.807, 2.05) is 4.90 Å². The zero-order chi connectivity index (χ0) is 14.0. The minimum Gasteiger partial charge on any atom is -0.481 e. The third kappa shape index (κ3) is 7.27. The Balaban J connectivity index is 4.50. The molecule has 0 heterocycles. The van der Waals surface area contributed by atoms with Gasteiger partial charge in [-0.05, 0) is 32.4 Å². The van der Waals surface area contributed by atoms with Gasteiger partial charge < -0.3 is 10.2 Å². The number of hydrogen-bond donors (Lipinski definition) is 2. The molecule has 0 saturated carbocycles. The lowest BCUT2D eigenvalue weighted by molar-refractivity contribution is -0.144. The van der Waals surface area contributed by atoms with Gasteiger partial charge in [0.25, 0.3) is 0 Å². The third-order valence-corrected chi connectivity index (χ3v) is 2.96. The highest BCUT2D eigenvalue weighted by Gasteiger charge is 2.25. The summed E-state index contributed by atoms with van der Waals surface area (Å²) in [5, 5.41) is 17.9. The van der Waals surface area contributed by atoms with Crippen LogP contribution in [0.4, 0.5) is 0 Å². The van der Waals surface area contributed by atoms with Crippen LogP contribution in [0.15, 0.2) is 0 Å². The van der Waals surface area contributed by atoms with Crippen molar-refractivity contribution in [3.05, 3.63) is 0 Å². The van der Waals surface area contributed by atoms with Crippen LogP contribution in [-0.2, 0) is 9.59 Å². The molecular weight excluding hydrogens is 234 g/mol. The Morgan fingerprint density at radius 2 is 1.56 bits per heavy atom. The average Bonchev–Trinajstić information content (AvgIpc) is 2.30. The summed E-state index contributed by atoms with van der Waals surface area (Å²) in [5.74, 6) is -1.85. The number of carboxylic acids is 2. The molecule has 0 aromatic rings. The molecule has 0 unspecified atom stereocenters. The molecule has 0 bridgehead atoms. The number of aliphatic carboxylic acids is 2. The molecule has 0 aliphatic heterocycles. The maximum atomic E-state index is 11.2. The first-order valence-electron chi connectivity index (χ1n) is 6.71. The Bertz CT molecular complexity index is 247. The second kappa shape index (κ2) is 9.88. The van der Waals surface area contributed by atoms with Gasteiger partial charge in [0.1, 0.15) is 6.04 Å². The molecule has 5 nitrogen and oxygen atoms in total. The first-order valence-corrected chi connectivity index (χ1v) is 6.71. The Hall–Kier alpha value is -1.10. The lowest BCUT2D eigenvalue weighted by atomic mass is 10.1. The summed E-state index contributed by atoms with van der Waals surface area (Å²) in [6.45, 7) is 5.58. The molecular formula is C13H25NO4. The largest absolute Gasteiger partial charge is 0.481 e. The van der Waals surface area contributed by atoms with Crippen LogP contribution in [0.25, 0.3) is 0 Å². The van der Waals surface area contributed by atoms with E-state index in [1.54, 1.807) is 0 Å². The van der Waals surface area contributed by atoms with Gasteiger partial charge in [-0.3, -0.25) is 14.5 Å². The number of carbonyl (C=O) groups is 2. The van der Waals surface area contributed by atoms with Crippen molar-refractivity contribution < 1.29 is 19.8 Å². The summed E-state index contributed by atoms with van der Waals surface area (Å²) in [5.41, 5.74) is 0. The molecule has 18 heavy (non-hydrogen) atoms. The van der Waals surface area contributed by atoms with Crippen molar-refractivity contribution in [3.8, 4) is 0 Å². The van der Waals surface area contributed by atoms with Crippen molar-refractivity contribution in [1.82, 2.24) is 4.90 Å². The Morgan fingerprint density at radius 1 is 1.06 bits per heavy atom. The van der Waals surface area contributed by atoms with Crippen LogP contribution in [0.5, 0.6) is 0 Å². The normalized spacial score (nSPS) is 12.6. The van der Waals surface area contributed by atoms with Crippen LogP contribution < -0.4 is 0 Å². The van der Waals surface area contributed by atoms with Gasteiger partial charge in [-0.15, -0.1) is 0 Å². The van der Waals surface area contributed by atoms with Crippen molar-refractivity contribution in [2.75, 3.05) is 13.1 Å². The molecule has 5 heteroatoms. The van der Waals surface area contributed by atoms with E-state index in [9.17, 15) is 14.7 Å². The summed E-state index contributed by atoms with van der Waals surface area (Å²) in [6, 6.07) is -0.667. The van der Waals surface area contributed by atoms with Crippen molar-refractivity contribution in [2.45, 2.75) is 58.4 Å². The van der Waals surface area contributed by atoms with Crippen LogP contribution in [0.1, 0.15) is 52.4 Å². The molecule has 106 valence electrons. The molecule has 0 spiro atoms. The number of unbranched alkanes of at least 4 members (excludes halogenated alkanes) is 2. The Morgan fingerprint density at radius 3 is 1.89 bits per heavy atom. The fraction of sp³-hybridized carbons (Fsp3) is 0.846. The minimum absolute atomic E-state index is 0.0916. The van der Waals surface area contributed by atoms with Gasteiger partial charge in [0, 0.05) is 6.42 Å².